The maximum Gasteiger partial charge on any atom is 0.249 e. The van der Waals surface area contributed by atoms with Gasteiger partial charge in [-0.15, -0.1) is 0 Å². The van der Waals surface area contributed by atoms with Gasteiger partial charge in [0.15, 0.2) is 9.84 Å². The lowest BCUT2D eigenvalue weighted by Gasteiger charge is -2.21. The van der Waals surface area contributed by atoms with Crippen molar-refractivity contribution >= 4 is 15.7 Å². The van der Waals surface area contributed by atoms with Crippen LogP contribution in [0.25, 0.3) is 0 Å². The lowest BCUT2D eigenvalue weighted by Crippen LogP contribution is -2.21. The van der Waals surface area contributed by atoms with Gasteiger partial charge in [0.2, 0.25) is 5.91 Å². The molecule has 1 amide bonds. The molecule has 0 saturated carbocycles. The minimum absolute atomic E-state index is 0.197. The van der Waals surface area contributed by atoms with Crippen molar-refractivity contribution in [3.8, 4) is 0 Å². The van der Waals surface area contributed by atoms with Crippen LogP contribution in [-0.4, -0.2) is 14.3 Å². The Morgan fingerprint density at radius 2 is 1.28 bits per heavy atom. The fourth-order valence-electron chi connectivity index (χ4n) is 2.85. The molecule has 2 N–H and O–H groups in total. The fraction of sp³-hybridized carbons (Fsp3) is 0.0500. The van der Waals surface area contributed by atoms with Gasteiger partial charge in [-0.2, -0.15) is 0 Å². The molecule has 126 valence electrons. The Bertz CT molecular complexity index is 984. The molecule has 0 aliphatic heterocycles. The predicted molar refractivity (Wildman–Crippen MR) is 96.9 cm³/mol. The normalized spacial score (nSPS) is 12.5. The van der Waals surface area contributed by atoms with Crippen LogP contribution in [-0.2, 0) is 9.84 Å². The minimum atomic E-state index is -3.77. The Morgan fingerprint density at radius 1 is 0.760 bits per heavy atom. The SMILES string of the molecule is NC(=O)c1ccccc1C(c1ccccc1)S(=O)(=O)c1ccccc1. The van der Waals surface area contributed by atoms with Gasteiger partial charge in [0.25, 0.3) is 0 Å². The van der Waals surface area contributed by atoms with Crippen LogP contribution >= 0.6 is 0 Å². The molecule has 0 aliphatic rings. The first-order chi connectivity index (χ1) is 12.0. The van der Waals surface area contributed by atoms with E-state index in [9.17, 15) is 13.2 Å². The van der Waals surface area contributed by atoms with Gasteiger partial charge in [0, 0.05) is 5.56 Å². The van der Waals surface area contributed by atoms with E-state index in [1.807, 2.05) is 6.07 Å². The number of sulfone groups is 1. The van der Waals surface area contributed by atoms with Crippen LogP contribution in [0, 0.1) is 0 Å². The van der Waals surface area contributed by atoms with E-state index in [2.05, 4.69) is 0 Å². The average molecular weight is 351 g/mol. The largest absolute Gasteiger partial charge is 0.366 e. The number of rotatable bonds is 5. The summed E-state index contributed by atoms with van der Waals surface area (Å²) in [5.74, 6) is -0.653. The second-order valence-electron chi connectivity index (χ2n) is 5.60. The summed E-state index contributed by atoms with van der Waals surface area (Å²) in [4.78, 5) is 12.0. The van der Waals surface area contributed by atoms with Crippen LogP contribution in [0.3, 0.4) is 0 Å². The summed E-state index contributed by atoms with van der Waals surface area (Å²) >= 11 is 0. The fourth-order valence-corrected chi connectivity index (χ4v) is 4.71. The molecular weight excluding hydrogens is 334 g/mol. The zero-order valence-corrected chi connectivity index (χ0v) is 14.2. The van der Waals surface area contributed by atoms with Crippen LogP contribution in [0.15, 0.2) is 89.8 Å². The number of carbonyl (C=O) groups is 1. The molecule has 0 spiro atoms. The van der Waals surface area contributed by atoms with Crippen molar-refractivity contribution in [1.29, 1.82) is 0 Å². The third kappa shape index (κ3) is 3.32. The standard InChI is InChI=1S/C20H17NO3S/c21-20(22)18-14-8-7-13-17(18)19(15-9-3-1-4-10-15)25(23,24)16-11-5-2-6-12-16/h1-14,19H,(H2,21,22). The molecule has 5 heteroatoms. The van der Waals surface area contributed by atoms with Crippen molar-refractivity contribution < 1.29 is 13.2 Å². The first kappa shape index (κ1) is 16.9. The molecule has 1 atom stereocenters. The van der Waals surface area contributed by atoms with Gasteiger partial charge >= 0.3 is 0 Å². The van der Waals surface area contributed by atoms with Crippen molar-refractivity contribution in [2.75, 3.05) is 0 Å². The van der Waals surface area contributed by atoms with Gasteiger partial charge in [0.1, 0.15) is 5.25 Å². The molecule has 1 unspecified atom stereocenters. The topological polar surface area (TPSA) is 77.2 Å². The highest BCUT2D eigenvalue weighted by atomic mass is 32.2. The Labute approximate surface area is 146 Å². The van der Waals surface area contributed by atoms with Crippen LogP contribution in [0.5, 0.6) is 0 Å². The van der Waals surface area contributed by atoms with Crippen molar-refractivity contribution in [2.45, 2.75) is 10.1 Å². The predicted octanol–water partition coefficient (Wildman–Crippen LogP) is 3.35. The van der Waals surface area contributed by atoms with Crippen LogP contribution in [0.1, 0.15) is 26.7 Å². The van der Waals surface area contributed by atoms with Gasteiger partial charge in [-0.1, -0.05) is 66.7 Å². The van der Waals surface area contributed by atoms with Crippen molar-refractivity contribution in [3.63, 3.8) is 0 Å². The average Bonchev–Trinajstić information content (AvgIpc) is 2.63. The smallest absolute Gasteiger partial charge is 0.249 e. The Hall–Kier alpha value is -2.92. The zero-order chi connectivity index (χ0) is 17.9. The monoisotopic (exact) mass is 351 g/mol. The summed E-state index contributed by atoms with van der Waals surface area (Å²) < 4.78 is 26.7. The van der Waals surface area contributed by atoms with Gasteiger partial charge in [-0.05, 0) is 29.3 Å². The van der Waals surface area contributed by atoms with E-state index in [1.54, 1.807) is 78.9 Å². The molecule has 3 aromatic carbocycles. The minimum Gasteiger partial charge on any atom is -0.366 e. The number of hydrogen-bond acceptors (Lipinski definition) is 3. The Balaban J connectivity index is 2.28. The summed E-state index contributed by atoms with van der Waals surface area (Å²) in [5, 5.41) is -1.01. The summed E-state index contributed by atoms with van der Waals surface area (Å²) in [7, 11) is -3.77. The van der Waals surface area contributed by atoms with Crippen molar-refractivity contribution in [3.05, 3.63) is 102 Å². The summed E-state index contributed by atoms with van der Waals surface area (Å²) in [5.41, 5.74) is 6.65. The maximum absolute atomic E-state index is 13.4. The molecule has 0 saturated heterocycles. The molecule has 0 heterocycles. The molecule has 4 nitrogen and oxygen atoms in total. The number of amides is 1. The quantitative estimate of drug-likeness (QED) is 0.766. The second-order valence-corrected chi connectivity index (χ2v) is 7.63. The van der Waals surface area contributed by atoms with Crippen LogP contribution in [0.4, 0.5) is 0 Å². The molecule has 0 bridgehead atoms. The van der Waals surface area contributed by atoms with Crippen molar-refractivity contribution in [1.82, 2.24) is 0 Å². The molecular formula is C20H17NO3S. The summed E-state index contributed by atoms with van der Waals surface area (Å²) in [6.45, 7) is 0. The molecule has 3 aromatic rings. The number of benzene rings is 3. The van der Waals surface area contributed by atoms with E-state index < -0.39 is 21.0 Å². The third-order valence-electron chi connectivity index (χ3n) is 3.99. The highest BCUT2D eigenvalue weighted by molar-refractivity contribution is 7.92. The van der Waals surface area contributed by atoms with E-state index in [1.165, 1.54) is 0 Å². The van der Waals surface area contributed by atoms with E-state index in [4.69, 9.17) is 5.73 Å². The third-order valence-corrected chi connectivity index (χ3v) is 6.07. The molecule has 0 fully saturated rings. The summed E-state index contributed by atoms with van der Waals surface area (Å²) in [6, 6.07) is 23.6. The van der Waals surface area contributed by atoms with Gasteiger partial charge < -0.3 is 5.73 Å². The molecule has 0 aromatic heterocycles. The Morgan fingerprint density at radius 3 is 1.88 bits per heavy atom. The zero-order valence-electron chi connectivity index (χ0n) is 13.4. The van der Waals surface area contributed by atoms with Crippen LogP contribution < -0.4 is 5.73 Å². The number of hydrogen-bond donors (Lipinski definition) is 1. The lowest BCUT2D eigenvalue weighted by molar-refractivity contribution is 0.0999. The van der Waals surface area contributed by atoms with Gasteiger partial charge in [-0.3, -0.25) is 4.79 Å². The van der Waals surface area contributed by atoms with E-state index >= 15 is 0 Å². The lowest BCUT2D eigenvalue weighted by atomic mass is 9.99. The highest BCUT2D eigenvalue weighted by Crippen LogP contribution is 2.36. The maximum atomic E-state index is 13.4. The Kier molecular flexibility index (Phi) is 4.67. The van der Waals surface area contributed by atoms with Crippen LogP contribution in [0.2, 0.25) is 0 Å². The highest BCUT2D eigenvalue weighted by Gasteiger charge is 2.33. The van der Waals surface area contributed by atoms with E-state index in [0.29, 0.717) is 11.1 Å². The van der Waals surface area contributed by atoms with Gasteiger partial charge in [0.05, 0.1) is 4.90 Å². The molecule has 3 rings (SSSR count). The van der Waals surface area contributed by atoms with E-state index in [0.717, 1.165) is 0 Å². The number of carbonyl (C=O) groups excluding carboxylic acids is 1. The number of nitrogens with two attached hydrogens (primary N) is 1. The second kappa shape index (κ2) is 6.91. The van der Waals surface area contributed by atoms with Gasteiger partial charge in [-0.25, -0.2) is 8.42 Å². The van der Waals surface area contributed by atoms with Crippen molar-refractivity contribution in [2.24, 2.45) is 5.73 Å². The molecule has 0 aliphatic carbocycles. The first-order valence-electron chi connectivity index (χ1n) is 7.74. The van der Waals surface area contributed by atoms with E-state index in [-0.39, 0.29) is 10.5 Å². The number of primary amides is 1. The first-order valence-corrected chi connectivity index (χ1v) is 9.29. The molecule has 0 radical (unpaired) electrons. The summed E-state index contributed by atoms with van der Waals surface area (Å²) in [6.07, 6.45) is 0. The molecule has 25 heavy (non-hydrogen) atoms.